The highest BCUT2D eigenvalue weighted by atomic mass is 19.4. The molecule has 0 aromatic heterocycles. The van der Waals surface area contributed by atoms with E-state index in [2.05, 4.69) is 5.32 Å². The maximum Gasteiger partial charge on any atom is 0.416 e. The van der Waals surface area contributed by atoms with Crippen LogP contribution in [-0.2, 0) is 6.18 Å². The summed E-state index contributed by atoms with van der Waals surface area (Å²) in [5.74, 6) is -0.772. The van der Waals surface area contributed by atoms with Crippen LogP contribution in [0.25, 0.3) is 0 Å². The molecule has 0 heterocycles. The van der Waals surface area contributed by atoms with Crippen LogP contribution in [0.4, 0.5) is 23.3 Å². The second-order valence-corrected chi connectivity index (χ2v) is 7.07. The topological polar surface area (TPSA) is 79.7 Å². The summed E-state index contributed by atoms with van der Waals surface area (Å²) in [5.41, 5.74) is 1.01. The third-order valence-corrected chi connectivity index (χ3v) is 4.75. The Bertz CT molecular complexity index is 1280. The van der Waals surface area contributed by atoms with Gasteiger partial charge in [0.25, 0.3) is 12.1 Å². The second-order valence-electron chi connectivity index (χ2n) is 7.07. The van der Waals surface area contributed by atoms with Gasteiger partial charge in [0.2, 0.25) is 0 Å². The third kappa shape index (κ3) is 6.34. The van der Waals surface area contributed by atoms with Crippen molar-refractivity contribution in [1.82, 2.24) is 5.43 Å². The second kappa shape index (κ2) is 10.7. The number of hydrogen-bond donors (Lipinski definition) is 2. The van der Waals surface area contributed by atoms with E-state index < -0.39 is 23.6 Å². The molecular formula is C24H20F4N3O4+. The molecule has 0 aliphatic heterocycles. The third-order valence-electron chi connectivity index (χ3n) is 4.75. The molecule has 0 aliphatic rings. The van der Waals surface area contributed by atoms with Gasteiger partial charge in [0.15, 0.2) is 11.5 Å². The summed E-state index contributed by atoms with van der Waals surface area (Å²) in [4.78, 5) is 25.1. The monoisotopic (exact) mass is 490 g/mol. The van der Waals surface area contributed by atoms with E-state index in [4.69, 9.17) is 9.47 Å². The van der Waals surface area contributed by atoms with Crippen molar-refractivity contribution in [2.75, 3.05) is 19.5 Å². The fourth-order valence-electron chi connectivity index (χ4n) is 3.08. The average Bonchev–Trinajstić information content (AvgIpc) is 2.83. The van der Waals surface area contributed by atoms with Crippen molar-refractivity contribution in [3.8, 4) is 11.5 Å². The summed E-state index contributed by atoms with van der Waals surface area (Å²) in [5, 5.41) is 2.57. The largest absolute Gasteiger partial charge is 0.493 e. The van der Waals surface area contributed by atoms with Crippen LogP contribution >= 0.6 is 0 Å². The molecule has 3 aromatic rings. The molecule has 0 radical (unpaired) electrons. The summed E-state index contributed by atoms with van der Waals surface area (Å²) in [7, 11) is 2.86. The Labute approximate surface area is 197 Å². The number of methoxy groups -OCH3 is 2. The van der Waals surface area contributed by atoms with Crippen LogP contribution in [0.1, 0.15) is 31.8 Å². The number of halogens is 4. The van der Waals surface area contributed by atoms with Crippen LogP contribution in [0.2, 0.25) is 0 Å². The van der Waals surface area contributed by atoms with E-state index in [-0.39, 0.29) is 27.3 Å². The van der Waals surface area contributed by atoms with Gasteiger partial charge in [-0.25, -0.2) is 0 Å². The minimum Gasteiger partial charge on any atom is -0.493 e. The van der Waals surface area contributed by atoms with Crippen LogP contribution in [-0.4, -0.2) is 37.2 Å². The first-order chi connectivity index (χ1) is 16.6. The molecule has 35 heavy (non-hydrogen) atoms. The number of hydrazine groups is 1. The molecule has 2 amide bonds. The molecule has 11 heteroatoms. The predicted molar refractivity (Wildman–Crippen MR) is 119 cm³/mol. The van der Waals surface area contributed by atoms with E-state index in [9.17, 15) is 27.2 Å². The quantitative estimate of drug-likeness (QED) is 0.219. The highest BCUT2D eigenvalue weighted by Crippen LogP contribution is 2.29. The Morgan fingerprint density at radius 3 is 2.29 bits per heavy atom. The number of para-hydroxylation sites is 1. The van der Waals surface area contributed by atoms with Gasteiger partial charge in [-0.15, -0.1) is 0 Å². The number of carbonyl (C=O) groups is 2. The molecule has 3 rings (SSSR count). The average molecular weight is 490 g/mol. The summed E-state index contributed by atoms with van der Waals surface area (Å²) in [6.07, 6.45) is -3.92. The van der Waals surface area contributed by atoms with E-state index >= 15 is 0 Å². The number of benzene rings is 3. The zero-order valence-electron chi connectivity index (χ0n) is 18.5. The normalized spacial score (nSPS) is 11.5. The Morgan fingerprint density at radius 2 is 1.60 bits per heavy atom. The van der Waals surface area contributed by atoms with Crippen LogP contribution in [0.15, 0.2) is 66.7 Å². The maximum atomic E-state index is 14.3. The summed E-state index contributed by atoms with van der Waals surface area (Å²) < 4.78 is 63.2. The van der Waals surface area contributed by atoms with E-state index in [1.807, 2.05) is 5.43 Å². The predicted octanol–water partition coefficient (Wildman–Crippen LogP) is 4.64. The minimum atomic E-state index is -4.60. The fourth-order valence-corrected chi connectivity index (χ4v) is 3.08. The van der Waals surface area contributed by atoms with Gasteiger partial charge in [0, 0.05) is 11.1 Å². The molecule has 0 fully saturated rings. The zero-order valence-corrected chi connectivity index (χ0v) is 18.5. The fraction of sp³-hybridized carbons (Fsp3) is 0.125. The lowest BCUT2D eigenvalue weighted by Crippen LogP contribution is -2.31. The van der Waals surface area contributed by atoms with E-state index in [1.54, 1.807) is 6.07 Å². The number of amides is 2. The van der Waals surface area contributed by atoms with E-state index in [0.29, 0.717) is 17.7 Å². The van der Waals surface area contributed by atoms with Gasteiger partial charge in [0.1, 0.15) is 9.39 Å². The molecule has 0 spiro atoms. The number of nitrogens with one attached hydrogen (secondary N) is 2. The van der Waals surface area contributed by atoms with Gasteiger partial charge in [-0.2, -0.15) is 13.2 Å². The first-order valence-corrected chi connectivity index (χ1v) is 10.0. The van der Waals surface area contributed by atoms with E-state index in [1.165, 1.54) is 56.7 Å². The molecule has 0 unspecified atom stereocenters. The van der Waals surface area contributed by atoms with Crippen molar-refractivity contribution in [2.24, 2.45) is 0 Å². The maximum absolute atomic E-state index is 14.3. The van der Waals surface area contributed by atoms with Gasteiger partial charge in [0.05, 0.1) is 31.0 Å². The Kier molecular flexibility index (Phi) is 7.69. The molecule has 2 N–H and O–H groups in total. The molecule has 3 aromatic carbocycles. The Morgan fingerprint density at radius 1 is 0.886 bits per heavy atom. The smallest absolute Gasteiger partial charge is 0.416 e. The van der Waals surface area contributed by atoms with Crippen molar-refractivity contribution in [3.63, 3.8) is 0 Å². The first-order valence-electron chi connectivity index (χ1n) is 10.0. The van der Waals surface area contributed by atoms with Crippen LogP contribution in [0.5, 0.6) is 11.5 Å². The summed E-state index contributed by atoms with van der Waals surface area (Å²) in [6.45, 7) is 0. The van der Waals surface area contributed by atoms with Crippen molar-refractivity contribution < 1.29 is 41.6 Å². The SMILES string of the molecule is COc1ccc(C(=O)Nc2ccccc2C(=O)N[N+](F)=Cc2cccc(C(F)(F)F)c2)cc1OC. The van der Waals surface area contributed by atoms with Crippen LogP contribution in [0, 0.1) is 0 Å². The number of hydrazone groups is 1. The van der Waals surface area contributed by atoms with Crippen molar-refractivity contribution in [2.45, 2.75) is 6.18 Å². The van der Waals surface area contributed by atoms with E-state index in [0.717, 1.165) is 18.2 Å². The molecular weight excluding hydrogens is 470 g/mol. The number of ether oxygens (including phenoxy) is 2. The summed E-state index contributed by atoms with van der Waals surface area (Å²) in [6, 6.07) is 14.3. The van der Waals surface area contributed by atoms with Gasteiger partial charge < -0.3 is 14.8 Å². The van der Waals surface area contributed by atoms with Gasteiger partial charge in [-0.1, -0.05) is 23.6 Å². The van der Waals surface area contributed by atoms with Crippen LogP contribution in [0.3, 0.4) is 0 Å². The molecule has 0 aliphatic carbocycles. The number of anilines is 1. The number of carbonyl (C=O) groups excluding carboxylic acids is 2. The van der Waals surface area contributed by atoms with Gasteiger partial charge in [-0.3, -0.25) is 9.59 Å². The first kappa shape index (κ1) is 25.2. The zero-order chi connectivity index (χ0) is 25.6. The van der Waals surface area contributed by atoms with Gasteiger partial charge in [-0.05, 0) is 48.5 Å². The molecule has 0 saturated carbocycles. The Balaban J connectivity index is 1.78. The highest BCUT2D eigenvalue weighted by molar-refractivity contribution is 6.09. The lowest BCUT2D eigenvalue weighted by Gasteiger charge is -2.11. The molecule has 0 saturated heterocycles. The number of alkyl halides is 3. The summed E-state index contributed by atoms with van der Waals surface area (Å²) >= 11 is 0. The highest BCUT2D eigenvalue weighted by Gasteiger charge is 2.30. The number of nitrogens with zero attached hydrogens (tertiary/aromatic N) is 1. The van der Waals surface area contributed by atoms with Gasteiger partial charge >= 0.3 is 12.1 Å². The van der Waals surface area contributed by atoms with Crippen molar-refractivity contribution >= 4 is 23.7 Å². The van der Waals surface area contributed by atoms with Crippen LogP contribution < -0.4 is 20.2 Å². The molecule has 0 bridgehead atoms. The lowest BCUT2D eigenvalue weighted by molar-refractivity contribution is -0.740. The number of hydrogen-bond acceptors (Lipinski definition) is 4. The minimum absolute atomic E-state index is 0.0808. The van der Waals surface area contributed by atoms with Crippen molar-refractivity contribution in [3.05, 3.63) is 89.0 Å². The molecule has 0 atom stereocenters. The van der Waals surface area contributed by atoms with Crippen molar-refractivity contribution in [1.29, 1.82) is 0 Å². The molecule has 7 nitrogen and oxygen atoms in total. The lowest BCUT2D eigenvalue weighted by atomic mass is 10.1. The Hall–Kier alpha value is -4.41. The number of rotatable bonds is 7. The standard InChI is InChI=1S/C24H19F4N3O4/c1-34-20-11-10-16(13-21(20)35-2)22(32)29-19-9-4-3-8-18(19)23(33)30-31(28)14-15-6-5-7-17(12-15)24(25,26)27/h3-14H,1-2H3,(H-,29,30,32,33)/p+1. The molecule has 182 valence electrons.